The van der Waals surface area contributed by atoms with Gasteiger partial charge >= 0.3 is 0 Å². The molecule has 1 unspecified atom stereocenters. The van der Waals surface area contributed by atoms with Gasteiger partial charge in [-0.3, -0.25) is 13.8 Å². The van der Waals surface area contributed by atoms with E-state index in [1.165, 1.54) is 45.8 Å². The molecule has 6 saturated carbocycles. The average Bonchev–Trinajstić information content (AvgIpc) is 3.70. The second kappa shape index (κ2) is 8.75. The van der Waals surface area contributed by atoms with Gasteiger partial charge in [0.05, 0.1) is 38.4 Å². The third-order valence-corrected chi connectivity index (χ3v) is 14.5. The maximum absolute atomic E-state index is 13.4. The average molecular weight is 550 g/mol. The predicted molar refractivity (Wildman–Crippen MR) is 145 cm³/mol. The number of rotatable bonds is 11. The Morgan fingerprint density at radius 2 is 1.21 bits per heavy atom. The summed E-state index contributed by atoms with van der Waals surface area (Å²) in [5.41, 5.74) is 0.369. The fourth-order valence-electron chi connectivity index (χ4n) is 11.1. The van der Waals surface area contributed by atoms with E-state index in [4.69, 9.17) is 4.18 Å². The molecule has 0 aliphatic heterocycles. The maximum atomic E-state index is 13.4. The molecule has 6 rings (SSSR count). The van der Waals surface area contributed by atoms with Gasteiger partial charge in [0.2, 0.25) is 5.91 Å². The zero-order valence-corrected chi connectivity index (χ0v) is 24.7. The van der Waals surface area contributed by atoms with E-state index in [1.807, 2.05) is 0 Å². The number of carbonyl (C=O) groups is 2. The van der Waals surface area contributed by atoms with Gasteiger partial charge in [0.25, 0.3) is 10.1 Å². The number of carbonyl (C=O) groups excluding carboxylic acids is 2. The van der Waals surface area contributed by atoms with Crippen molar-refractivity contribution in [2.45, 2.75) is 103 Å². The van der Waals surface area contributed by atoms with Gasteiger partial charge in [-0.25, -0.2) is 0 Å². The van der Waals surface area contributed by atoms with Gasteiger partial charge in [0.15, 0.2) is 0 Å². The fraction of sp³-hybridized carbons (Fsp3) is 0.933. The summed E-state index contributed by atoms with van der Waals surface area (Å²) in [6.45, 7) is 4.86. The van der Waals surface area contributed by atoms with Crippen LogP contribution in [0.1, 0.15) is 103 Å². The number of ketones is 1. The Labute approximate surface area is 229 Å². The van der Waals surface area contributed by atoms with E-state index in [9.17, 15) is 18.0 Å². The topological polar surface area (TPSA) is 94.0 Å². The van der Waals surface area contributed by atoms with Crippen LogP contribution in [-0.4, -0.2) is 59.7 Å². The molecule has 0 radical (unpaired) electrons. The van der Waals surface area contributed by atoms with E-state index in [-0.39, 0.29) is 39.1 Å². The molecule has 1 atom stereocenters. The van der Waals surface area contributed by atoms with Crippen LogP contribution in [0, 0.1) is 32.5 Å². The monoisotopic (exact) mass is 549 g/mol. The summed E-state index contributed by atoms with van der Waals surface area (Å²) < 4.78 is 29.2. The standard InChI is InChI=1S/C30H48N2O5S/c1-23(33)29-12-14-30(18-29,15-13-29)24(34)31-19-25-4-6-26(16-25,7-5-25)20-32(2)21-27-8-10-28(17-27,11-9-27)22-38(35,36)37-3/h4-22H2,1-3H3,(H,31,34)/p+1. The van der Waals surface area contributed by atoms with Crippen molar-refractivity contribution >= 4 is 21.8 Å². The first-order chi connectivity index (χ1) is 17.8. The molecule has 7 nitrogen and oxygen atoms in total. The number of nitrogens with one attached hydrogen (secondary N) is 2. The van der Waals surface area contributed by atoms with Crippen molar-refractivity contribution in [3.8, 4) is 0 Å². The summed E-state index contributed by atoms with van der Waals surface area (Å²) in [5.74, 6) is 0.693. The van der Waals surface area contributed by atoms with Crippen LogP contribution in [0.25, 0.3) is 0 Å². The zero-order chi connectivity index (χ0) is 27.1. The third-order valence-electron chi connectivity index (χ3n) is 13.0. The highest BCUT2D eigenvalue weighted by atomic mass is 32.2. The molecule has 6 fully saturated rings. The Hall–Kier alpha value is -0.990. The van der Waals surface area contributed by atoms with Crippen molar-refractivity contribution in [1.29, 1.82) is 0 Å². The lowest BCUT2D eigenvalue weighted by molar-refractivity contribution is -0.893. The van der Waals surface area contributed by atoms with Gasteiger partial charge < -0.3 is 10.2 Å². The van der Waals surface area contributed by atoms with Crippen LogP contribution in [0.2, 0.25) is 0 Å². The zero-order valence-electron chi connectivity index (χ0n) is 23.9. The molecular weight excluding hydrogens is 500 g/mol. The van der Waals surface area contributed by atoms with Gasteiger partial charge in [-0.1, -0.05) is 0 Å². The summed E-state index contributed by atoms with van der Waals surface area (Å²) >= 11 is 0. The number of Topliss-reactive ketones (excluding diaryl/α,β-unsaturated/α-hetero) is 1. The second-order valence-electron chi connectivity index (χ2n) is 15.5. The van der Waals surface area contributed by atoms with Gasteiger partial charge in [-0.05, 0) is 114 Å². The van der Waals surface area contributed by atoms with Gasteiger partial charge in [0.1, 0.15) is 5.78 Å². The lowest BCUT2D eigenvalue weighted by Crippen LogP contribution is -3.11. The summed E-state index contributed by atoms with van der Waals surface area (Å²) in [7, 11) is 0.229. The van der Waals surface area contributed by atoms with Crippen molar-refractivity contribution in [3.05, 3.63) is 0 Å². The van der Waals surface area contributed by atoms with Crippen molar-refractivity contribution in [1.82, 2.24) is 5.32 Å². The Morgan fingerprint density at radius 1 is 0.737 bits per heavy atom. The first-order valence-corrected chi connectivity index (χ1v) is 16.8. The molecule has 6 aliphatic carbocycles. The Kier molecular flexibility index (Phi) is 6.26. The summed E-state index contributed by atoms with van der Waals surface area (Å²) in [4.78, 5) is 27.3. The Morgan fingerprint density at radius 3 is 1.71 bits per heavy atom. The molecule has 0 aromatic rings. The van der Waals surface area contributed by atoms with E-state index >= 15 is 0 Å². The maximum Gasteiger partial charge on any atom is 0.267 e. The van der Waals surface area contributed by atoms with E-state index in [2.05, 4.69) is 12.4 Å². The van der Waals surface area contributed by atoms with Crippen molar-refractivity contribution in [2.75, 3.05) is 39.5 Å². The van der Waals surface area contributed by atoms with E-state index < -0.39 is 10.1 Å². The highest BCUT2D eigenvalue weighted by Crippen LogP contribution is 2.64. The molecule has 0 aromatic heterocycles. The minimum atomic E-state index is -3.41. The molecular formula is C30H49N2O5S+. The van der Waals surface area contributed by atoms with Crippen molar-refractivity contribution in [3.63, 3.8) is 0 Å². The first kappa shape index (κ1) is 27.2. The van der Waals surface area contributed by atoms with Gasteiger partial charge in [0, 0.05) is 22.8 Å². The molecule has 0 spiro atoms. The molecule has 38 heavy (non-hydrogen) atoms. The second-order valence-corrected chi connectivity index (χ2v) is 17.2. The fourth-order valence-corrected chi connectivity index (χ4v) is 12.3. The highest BCUT2D eigenvalue weighted by Gasteiger charge is 2.61. The van der Waals surface area contributed by atoms with E-state index in [0.717, 1.165) is 77.3 Å². The number of fused-ring (bicyclic) bond motifs is 6. The molecule has 0 heterocycles. The molecule has 2 N–H and O–H groups in total. The summed E-state index contributed by atoms with van der Waals surface area (Å²) in [6.07, 6.45) is 15.9. The lowest BCUT2D eigenvalue weighted by Gasteiger charge is -2.34. The third kappa shape index (κ3) is 4.39. The van der Waals surface area contributed by atoms with E-state index in [1.54, 1.807) is 11.8 Å². The Balaban J connectivity index is 1.02. The van der Waals surface area contributed by atoms with E-state index in [0.29, 0.717) is 10.8 Å². The minimum Gasteiger partial charge on any atom is -0.355 e. The molecule has 6 aliphatic rings. The SMILES string of the molecule is COS(=O)(=O)CC12CCC(C[NH+](C)CC34CCC(CNC(=O)C56CCC(C(C)=O)(CC5)C6)(CC3)C4)(CC1)C2. The molecule has 6 bridgehead atoms. The molecule has 8 heteroatoms. The van der Waals surface area contributed by atoms with Crippen LogP contribution in [0.5, 0.6) is 0 Å². The first-order valence-electron chi connectivity index (χ1n) is 15.2. The van der Waals surface area contributed by atoms with Crippen LogP contribution in [0.15, 0.2) is 0 Å². The normalized spacial score (nSPS) is 45.7. The molecule has 1 amide bonds. The smallest absolute Gasteiger partial charge is 0.267 e. The van der Waals surface area contributed by atoms with Crippen molar-refractivity contribution in [2.24, 2.45) is 32.5 Å². The van der Waals surface area contributed by atoms with Gasteiger partial charge in [-0.15, -0.1) is 0 Å². The Bertz CT molecular complexity index is 1090. The largest absolute Gasteiger partial charge is 0.355 e. The molecule has 0 aromatic carbocycles. The number of quaternary nitrogens is 1. The minimum absolute atomic E-state index is 0.0658. The number of hydrogen-bond acceptors (Lipinski definition) is 5. The predicted octanol–water partition coefficient (Wildman–Crippen LogP) is 3.03. The lowest BCUT2D eigenvalue weighted by atomic mass is 9.79. The molecule has 0 saturated heterocycles. The van der Waals surface area contributed by atoms with Crippen LogP contribution >= 0.6 is 0 Å². The quantitative estimate of drug-likeness (QED) is 0.387. The molecule has 214 valence electrons. The highest BCUT2D eigenvalue weighted by molar-refractivity contribution is 7.86. The number of amides is 1. The van der Waals surface area contributed by atoms with Gasteiger partial charge in [-0.2, -0.15) is 8.42 Å². The van der Waals surface area contributed by atoms with Crippen LogP contribution in [-0.2, 0) is 23.9 Å². The summed E-state index contributed by atoms with van der Waals surface area (Å²) in [6, 6.07) is 0. The van der Waals surface area contributed by atoms with Crippen LogP contribution < -0.4 is 10.2 Å². The number of hydrogen-bond donors (Lipinski definition) is 2. The van der Waals surface area contributed by atoms with Crippen LogP contribution in [0.3, 0.4) is 0 Å². The summed E-state index contributed by atoms with van der Waals surface area (Å²) in [5, 5.41) is 3.42. The van der Waals surface area contributed by atoms with Crippen molar-refractivity contribution < 1.29 is 27.1 Å². The van der Waals surface area contributed by atoms with Crippen LogP contribution in [0.4, 0.5) is 0 Å².